The summed E-state index contributed by atoms with van der Waals surface area (Å²) in [6.45, 7) is 3.13. The first-order valence-corrected chi connectivity index (χ1v) is 9.06. The van der Waals surface area contributed by atoms with Gasteiger partial charge in [-0.15, -0.1) is 0 Å². The van der Waals surface area contributed by atoms with E-state index in [1.807, 2.05) is 6.07 Å². The second-order valence-corrected chi connectivity index (χ2v) is 7.00. The molecule has 0 fully saturated rings. The molecule has 0 aromatic heterocycles. The van der Waals surface area contributed by atoms with Gasteiger partial charge in [0.2, 0.25) is 0 Å². The van der Waals surface area contributed by atoms with Crippen LogP contribution in [0.2, 0.25) is 0 Å². The van der Waals surface area contributed by atoms with Gasteiger partial charge in [0.1, 0.15) is 5.82 Å². The van der Waals surface area contributed by atoms with Crippen LogP contribution in [-0.2, 0) is 19.3 Å². The van der Waals surface area contributed by atoms with Gasteiger partial charge in [-0.2, -0.15) is 0 Å². The third kappa shape index (κ3) is 3.44. The van der Waals surface area contributed by atoms with Crippen molar-refractivity contribution in [2.24, 2.45) is 0 Å². The fraction of sp³-hybridized carbons (Fsp3) is 0.364. The van der Waals surface area contributed by atoms with E-state index in [2.05, 4.69) is 29.2 Å². The Morgan fingerprint density at radius 3 is 2.71 bits per heavy atom. The Morgan fingerprint density at radius 2 is 1.88 bits per heavy atom. The van der Waals surface area contributed by atoms with Crippen LogP contribution in [0.3, 0.4) is 0 Å². The van der Waals surface area contributed by atoms with Gasteiger partial charge < -0.3 is 0 Å². The Morgan fingerprint density at radius 1 is 0.958 bits per heavy atom. The lowest BCUT2D eigenvalue weighted by molar-refractivity contribution is 0.306. The number of hydrogen-bond acceptors (Lipinski definition) is 1. The summed E-state index contributed by atoms with van der Waals surface area (Å²) in [4.78, 5) is 2.50. The number of aryl methyl sites for hydroxylation is 2. The Labute approximate surface area is 143 Å². The van der Waals surface area contributed by atoms with Gasteiger partial charge in [-0.05, 0) is 72.1 Å². The van der Waals surface area contributed by atoms with Gasteiger partial charge in [0.15, 0.2) is 0 Å². The highest BCUT2D eigenvalue weighted by molar-refractivity contribution is 5.66. The molecule has 124 valence electrons. The fourth-order valence-electron chi connectivity index (χ4n) is 3.93. The van der Waals surface area contributed by atoms with Crippen LogP contribution in [0.25, 0.3) is 5.57 Å². The number of nitrogens with zero attached hydrogens (tertiary/aromatic N) is 1. The van der Waals surface area contributed by atoms with Crippen molar-refractivity contribution in [3.8, 4) is 0 Å². The summed E-state index contributed by atoms with van der Waals surface area (Å²) in [5.41, 5.74) is 6.91. The Bertz CT molecular complexity index is 762. The van der Waals surface area contributed by atoms with Crippen LogP contribution in [-0.4, -0.2) is 24.5 Å². The zero-order chi connectivity index (χ0) is 16.4. The Kier molecular flexibility index (Phi) is 4.48. The summed E-state index contributed by atoms with van der Waals surface area (Å²) in [5, 5.41) is 0. The average molecular weight is 321 g/mol. The average Bonchev–Trinajstić information content (AvgIpc) is 3.08. The van der Waals surface area contributed by atoms with Crippen LogP contribution in [0.15, 0.2) is 48.5 Å². The summed E-state index contributed by atoms with van der Waals surface area (Å²) in [6, 6.07) is 14.0. The summed E-state index contributed by atoms with van der Waals surface area (Å²) >= 11 is 0. The van der Waals surface area contributed by atoms with Gasteiger partial charge in [0, 0.05) is 19.6 Å². The quantitative estimate of drug-likeness (QED) is 0.792. The fourth-order valence-corrected chi connectivity index (χ4v) is 3.93. The molecule has 0 atom stereocenters. The van der Waals surface area contributed by atoms with Crippen LogP contribution in [0.1, 0.15) is 35.1 Å². The number of rotatable bonds is 4. The van der Waals surface area contributed by atoms with Crippen LogP contribution >= 0.6 is 0 Å². The van der Waals surface area contributed by atoms with Gasteiger partial charge in [-0.1, -0.05) is 36.4 Å². The smallest absolute Gasteiger partial charge is 0.123 e. The van der Waals surface area contributed by atoms with E-state index in [9.17, 15) is 4.39 Å². The first-order valence-electron chi connectivity index (χ1n) is 9.06. The molecule has 1 nitrogen and oxygen atoms in total. The lowest BCUT2D eigenvalue weighted by Gasteiger charge is -2.26. The third-order valence-electron chi connectivity index (χ3n) is 5.37. The predicted molar refractivity (Wildman–Crippen MR) is 97.6 cm³/mol. The molecule has 0 unspecified atom stereocenters. The number of fused-ring (bicyclic) bond motifs is 1. The summed E-state index contributed by atoms with van der Waals surface area (Å²) in [6.07, 6.45) is 8.23. The number of halogens is 1. The minimum absolute atomic E-state index is 0.146. The SMILES string of the molecule is Fc1cccc(C2=CCN(CCc3ccc4c(c3)CCC4)CC2)c1. The molecule has 2 heteroatoms. The Hall–Kier alpha value is -1.93. The van der Waals surface area contributed by atoms with Crippen LogP contribution in [0.4, 0.5) is 4.39 Å². The molecule has 2 aromatic rings. The maximum Gasteiger partial charge on any atom is 0.123 e. The second kappa shape index (κ2) is 6.90. The third-order valence-corrected chi connectivity index (χ3v) is 5.37. The Balaban J connectivity index is 1.34. The second-order valence-electron chi connectivity index (χ2n) is 7.00. The number of benzene rings is 2. The van der Waals surface area contributed by atoms with Crippen molar-refractivity contribution in [1.29, 1.82) is 0 Å². The highest BCUT2D eigenvalue weighted by Gasteiger charge is 2.14. The molecule has 0 saturated carbocycles. The van der Waals surface area contributed by atoms with E-state index in [0.29, 0.717) is 0 Å². The first-order chi connectivity index (χ1) is 11.8. The molecule has 1 aliphatic heterocycles. The van der Waals surface area contributed by atoms with Crippen molar-refractivity contribution < 1.29 is 4.39 Å². The molecule has 1 aliphatic carbocycles. The van der Waals surface area contributed by atoms with Gasteiger partial charge >= 0.3 is 0 Å². The van der Waals surface area contributed by atoms with E-state index in [-0.39, 0.29) is 5.82 Å². The van der Waals surface area contributed by atoms with Crippen molar-refractivity contribution in [3.05, 3.63) is 76.6 Å². The highest BCUT2D eigenvalue weighted by Crippen LogP contribution is 2.25. The molecule has 2 aromatic carbocycles. The first kappa shape index (κ1) is 15.6. The summed E-state index contributed by atoms with van der Waals surface area (Å²) < 4.78 is 13.4. The lowest BCUT2D eigenvalue weighted by Crippen LogP contribution is -2.30. The molecule has 0 N–H and O–H groups in total. The molecule has 0 radical (unpaired) electrons. The van der Waals surface area contributed by atoms with Crippen LogP contribution in [0.5, 0.6) is 0 Å². The van der Waals surface area contributed by atoms with Crippen LogP contribution < -0.4 is 0 Å². The highest BCUT2D eigenvalue weighted by atomic mass is 19.1. The van der Waals surface area contributed by atoms with Gasteiger partial charge in [-0.3, -0.25) is 4.90 Å². The van der Waals surface area contributed by atoms with Crippen molar-refractivity contribution in [2.45, 2.75) is 32.1 Å². The molecule has 0 amide bonds. The van der Waals surface area contributed by atoms with E-state index in [4.69, 9.17) is 0 Å². The predicted octanol–water partition coefficient (Wildman–Crippen LogP) is 4.65. The van der Waals surface area contributed by atoms with Gasteiger partial charge in [0.05, 0.1) is 0 Å². The topological polar surface area (TPSA) is 3.24 Å². The minimum atomic E-state index is -0.146. The molecule has 0 spiro atoms. The molecule has 2 aliphatic rings. The largest absolute Gasteiger partial charge is 0.299 e. The van der Waals surface area contributed by atoms with E-state index >= 15 is 0 Å². The van der Waals surface area contributed by atoms with E-state index in [1.54, 1.807) is 23.3 Å². The van der Waals surface area contributed by atoms with E-state index in [1.165, 1.54) is 36.5 Å². The zero-order valence-corrected chi connectivity index (χ0v) is 14.1. The maximum absolute atomic E-state index is 13.4. The molecule has 24 heavy (non-hydrogen) atoms. The maximum atomic E-state index is 13.4. The van der Waals surface area contributed by atoms with Crippen molar-refractivity contribution in [2.75, 3.05) is 19.6 Å². The van der Waals surface area contributed by atoms with Crippen molar-refractivity contribution >= 4 is 5.57 Å². The lowest BCUT2D eigenvalue weighted by atomic mass is 9.99. The zero-order valence-electron chi connectivity index (χ0n) is 14.1. The standard InChI is InChI=1S/C22H24FN/c23-22-6-2-5-21(16-22)19-10-13-24(14-11-19)12-9-17-7-8-18-3-1-4-20(18)15-17/h2,5-8,10,15-16H,1,3-4,9,11-14H2. The van der Waals surface area contributed by atoms with Gasteiger partial charge in [0.25, 0.3) is 0 Å². The van der Waals surface area contributed by atoms with Crippen molar-refractivity contribution in [3.63, 3.8) is 0 Å². The monoisotopic (exact) mass is 321 g/mol. The summed E-state index contributed by atoms with van der Waals surface area (Å²) in [5.74, 6) is -0.146. The van der Waals surface area contributed by atoms with Gasteiger partial charge in [-0.25, -0.2) is 4.39 Å². The number of hydrogen-bond donors (Lipinski definition) is 0. The van der Waals surface area contributed by atoms with E-state index in [0.717, 1.165) is 38.0 Å². The normalized spacial score (nSPS) is 17.6. The molecule has 0 saturated heterocycles. The minimum Gasteiger partial charge on any atom is -0.299 e. The summed E-state index contributed by atoms with van der Waals surface area (Å²) in [7, 11) is 0. The molecule has 4 rings (SSSR count). The van der Waals surface area contributed by atoms with Crippen molar-refractivity contribution in [1.82, 2.24) is 4.90 Å². The molecule has 1 heterocycles. The van der Waals surface area contributed by atoms with E-state index < -0.39 is 0 Å². The molecular weight excluding hydrogens is 297 g/mol. The molecular formula is C22H24FN. The molecule has 0 bridgehead atoms. The van der Waals surface area contributed by atoms with Crippen LogP contribution in [0, 0.1) is 5.82 Å².